The molecule has 2 atom stereocenters. The van der Waals surface area contributed by atoms with Gasteiger partial charge in [0.15, 0.2) is 0 Å². The van der Waals surface area contributed by atoms with Gasteiger partial charge in [0, 0.05) is 42.8 Å². The van der Waals surface area contributed by atoms with Gasteiger partial charge in [0.1, 0.15) is 5.15 Å². The molecule has 3 rings (SSSR count). The summed E-state index contributed by atoms with van der Waals surface area (Å²) >= 11 is 6.07. The molecule has 1 aliphatic carbocycles. The molecule has 2 aromatic heterocycles. The number of aromatic nitrogens is 3. The van der Waals surface area contributed by atoms with Crippen LogP contribution >= 0.6 is 11.6 Å². The average molecular weight is 370 g/mol. The van der Waals surface area contributed by atoms with Crippen molar-refractivity contribution in [2.45, 2.75) is 44.2 Å². The van der Waals surface area contributed by atoms with Crippen molar-refractivity contribution in [1.82, 2.24) is 20.1 Å². The van der Waals surface area contributed by atoms with E-state index >= 15 is 0 Å². The molecule has 2 N–H and O–H groups in total. The zero-order chi connectivity index (χ0) is 17.8. The third-order valence-corrected chi connectivity index (χ3v) is 4.66. The van der Waals surface area contributed by atoms with Crippen LogP contribution in [0.4, 0.5) is 14.5 Å². The first-order valence-corrected chi connectivity index (χ1v) is 8.82. The second-order valence-electron chi connectivity index (χ2n) is 6.43. The van der Waals surface area contributed by atoms with Crippen molar-refractivity contribution in [3.05, 3.63) is 29.7 Å². The summed E-state index contributed by atoms with van der Waals surface area (Å²) in [5, 5.41) is 11.3. The first-order chi connectivity index (χ1) is 12.0. The molecule has 0 aliphatic heterocycles. The number of pyridine rings is 1. The van der Waals surface area contributed by atoms with Crippen LogP contribution in [0.2, 0.25) is 5.15 Å². The van der Waals surface area contributed by atoms with E-state index in [1.165, 1.54) is 0 Å². The molecule has 0 radical (unpaired) electrons. The van der Waals surface area contributed by atoms with Crippen LogP contribution in [0.5, 0.6) is 0 Å². The fourth-order valence-electron chi connectivity index (χ4n) is 3.29. The van der Waals surface area contributed by atoms with Crippen molar-refractivity contribution in [2.75, 3.05) is 11.9 Å². The summed E-state index contributed by atoms with van der Waals surface area (Å²) in [4.78, 5) is 4.16. The van der Waals surface area contributed by atoms with E-state index in [9.17, 15) is 8.78 Å². The molecule has 0 amide bonds. The maximum atomic E-state index is 12.4. The van der Waals surface area contributed by atoms with Crippen LogP contribution in [0.15, 0.2) is 24.5 Å². The van der Waals surface area contributed by atoms with Gasteiger partial charge in [-0.05, 0) is 37.8 Å². The molecule has 8 heteroatoms. The second-order valence-corrected chi connectivity index (χ2v) is 6.82. The number of alkyl halides is 2. The highest BCUT2D eigenvalue weighted by Gasteiger charge is 2.23. The highest BCUT2D eigenvalue weighted by molar-refractivity contribution is 6.29. The minimum absolute atomic E-state index is 0.107. The molecule has 0 spiro atoms. The van der Waals surface area contributed by atoms with Gasteiger partial charge in [-0.1, -0.05) is 11.6 Å². The van der Waals surface area contributed by atoms with Crippen molar-refractivity contribution in [3.63, 3.8) is 0 Å². The molecule has 0 saturated heterocycles. The van der Waals surface area contributed by atoms with Gasteiger partial charge in [-0.25, -0.2) is 13.8 Å². The zero-order valence-corrected chi connectivity index (χ0v) is 14.8. The standard InChI is InChI=1S/C17H22ClF2N5/c1-25-6-5-14(24-25)13-9-22-16(18)8-15(13)23-12-4-2-3-11(7-12)21-10-17(19)20/h5-6,8-9,11-12,17,21H,2-4,7,10H2,1H3,(H,22,23). The zero-order valence-electron chi connectivity index (χ0n) is 14.1. The predicted molar refractivity (Wildman–Crippen MR) is 95.1 cm³/mol. The normalized spacial score (nSPS) is 20.8. The van der Waals surface area contributed by atoms with Crippen molar-refractivity contribution in [2.24, 2.45) is 7.05 Å². The van der Waals surface area contributed by atoms with Gasteiger partial charge in [-0.3, -0.25) is 4.68 Å². The Kier molecular flexibility index (Phi) is 5.86. The first kappa shape index (κ1) is 18.1. The number of halogens is 3. The minimum atomic E-state index is -2.32. The molecule has 25 heavy (non-hydrogen) atoms. The van der Waals surface area contributed by atoms with E-state index in [0.29, 0.717) is 5.15 Å². The van der Waals surface area contributed by atoms with E-state index in [0.717, 1.165) is 42.6 Å². The molecule has 0 aromatic carbocycles. The predicted octanol–water partition coefficient (Wildman–Crippen LogP) is 3.71. The molecule has 1 saturated carbocycles. The van der Waals surface area contributed by atoms with Crippen molar-refractivity contribution in [3.8, 4) is 11.3 Å². The Labute approximate surface area is 150 Å². The average Bonchev–Trinajstić information content (AvgIpc) is 3.00. The molecule has 5 nitrogen and oxygen atoms in total. The fraction of sp³-hybridized carbons (Fsp3) is 0.529. The highest BCUT2D eigenvalue weighted by Crippen LogP contribution is 2.31. The SMILES string of the molecule is Cn1ccc(-c2cnc(Cl)cc2NC2CCCC(NCC(F)F)C2)n1. The summed E-state index contributed by atoms with van der Waals surface area (Å²) < 4.78 is 26.6. The molecule has 0 bridgehead atoms. The van der Waals surface area contributed by atoms with Gasteiger partial charge in [0.05, 0.1) is 12.2 Å². The van der Waals surface area contributed by atoms with E-state index in [1.54, 1.807) is 16.9 Å². The molecule has 1 aliphatic rings. The lowest BCUT2D eigenvalue weighted by molar-refractivity contribution is 0.137. The lowest BCUT2D eigenvalue weighted by Gasteiger charge is -2.31. The smallest absolute Gasteiger partial charge is 0.250 e. The first-order valence-electron chi connectivity index (χ1n) is 8.45. The number of hydrogen-bond donors (Lipinski definition) is 2. The maximum Gasteiger partial charge on any atom is 0.250 e. The van der Waals surface area contributed by atoms with E-state index in [-0.39, 0.29) is 18.6 Å². The number of nitrogens with zero attached hydrogens (tertiary/aromatic N) is 3. The van der Waals surface area contributed by atoms with Crippen molar-refractivity contribution >= 4 is 17.3 Å². The Morgan fingerprint density at radius 1 is 1.36 bits per heavy atom. The number of nitrogens with one attached hydrogen (secondary N) is 2. The molecule has 2 aromatic rings. The largest absolute Gasteiger partial charge is 0.382 e. The van der Waals surface area contributed by atoms with Crippen molar-refractivity contribution in [1.29, 1.82) is 0 Å². The van der Waals surface area contributed by atoms with E-state index in [1.807, 2.05) is 19.3 Å². The Hall–Kier alpha value is -1.73. The summed E-state index contributed by atoms with van der Waals surface area (Å²) in [6.45, 7) is -0.252. The second kappa shape index (κ2) is 8.10. The summed E-state index contributed by atoms with van der Waals surface area (Å²) in [6.07, 6.45) is 4.98. The van der Waals surface area contributed by atoms with E-state index < -0.39 is 6.43 Å². The third kappa shape index (κ3) is 4.89. The van der Waals surface area contributed by atoms with Gasteiger partial charge in [-0.2, -0.15) is 5.10 Å². The Morgan fingerprint density at radius 3 is 2.88 bits per heavy atom. The van der Waals surface area contributed by atoms with Crippen LogP contribution in [0, 0.1) is 0 Å². The third-order valence-electron chi connectivity index (χ3n) is 4.45. The monoisotopic (exact) mass is 369 g/mol. The molecular weight excluding hydrogens is 348 g/mol. The van der Waals surface area contributed by atoms with Crippen LogP contribution in [0.3, 0.4) is 0 Å². The van der Waals surface area contributed by atoms with Gasteiger partial charge < -0.3 is 10.6 Å². The lowest BCUT2D eigenvalue weighted by atomic mass is 9.90. The summed E-state index contributed by atoms with van der Waals surface area (Å²) in [5.74, 6) is 0. The Morgan fingerprint density at radius 2 is 2.16 bits per heavy atom. The number of anilines is 1. The molecule has 136 valence electrons. The Bertz CT molecular complexity index is 706. The van der Waals surface area contributed by atoms with E-state index in [2.05, 4.69) is 20.7 Å². The lowest BCUT2D eigenvalue weighted by Crippen LogP contribution is -2.40. The fourth-order valence-corrected chi connectivity index (χ4v) is 3.45. The van der Waals surface area contributed by atoms with Gasteiger partial charge >= 0.3 is 0 Å². The van der Waals surface area contributed by atoms with E-state index in [4.69, 9.17) is 11.6 Å². The molecule has 2 heterocycles. The molecular formula is C17H22ClF2N5. The topological polar surface area (TPSA) is 54.8 Å². The van der Waals surface area contributed by atoms with Gasteiger partial charge in [-0.15, -0.1) is 0 Å². The summed E-state index contributed by atoms with van der Waals surface area (Å²) in [5.41, 5.74) is 2.57. The van der Waals surface area contributed by atoms with Gasteiger partial charge in [0.25, 0.3) is 6.43 Å². The summed E-state index contributed by atoms with van der Waals surface area (Å²) in [7, 11) is 1.86. The van der Waals surface area contributed by atoms with Crippen LogP contribution in [0.1, 0.15) is 25.7 Å². The van der Waals surface area contributed by atoms with Crippen LogP contribution in [-0.4, -0.2) is 39.8 Å². The number of aryl methyl sites for hydroxylation is 1. The molecule has 2 unspecified atom stereocenters. The van der Waals surface area contributed by atoms with Crippen LogP contribution < -0.4 is 10.6 Å². The summed E-state index contributed by atoms with van der Waals surface area (Å²) in [6, 6.07) is 4.02. The highest BCUT2D eigenvalue weighted by atomic mass is 35.5. The van der Waals surface area contributed by atoms with Crippen LogP contribution in [-0.2, 0) is 7.05 Å². The quantitative estimate of drug-likeness (QED) is 0.762. The maximum absolute atomic E-state index is 12.4. The molecule has 1 fully saturated rings. The number of hydrogen-bond acceptors (Lipinski definition) is 4. The van der Waals surface area contributed by atoms with Crippen molar-refractivity contribution < 1.29 is 8.78 Å². The number of rotatable bonds is 6. The Balaban J connectivity index is 1.72. The van der Waals surface area contributed by atoms with Crippen LogP contribution in [0.25, 0.3) is 11.3 Å². The minimum Gasteiger partial charge on any atom is -0.382 e. The van der Waals surface area contributed by atoms with Gasteiger partial charge in [0.2, 0.25) is 0 Å².